The molecule has 0 aliphatic heterocycles. The molecule has 0 aliphatic rings. The zero-order valence-electron chi connectivity index (χ0n) is 16.1. The molecule has 0 aromatic heterocycles. The van der Waals surface area contributed by atoms with Gasteiger partial charge in [0.2, 0.25) is 0 Å². The highest BCUT2D eigenvalue weighted by molar-refractivity contribution is 14.1. The van der Waals surface area contributed by atoms with Crippen LogP contribution in [-0.2, 0) is 9.53 Å². The summed E-state index contributed by atoms with van der Waals surface area (Å²) in [5, 5.41) is 0. The lowest BCUT2D eigenvalue weighted by molar-refractivity contribution is -0.141. The van der Waals surface area contributed by atoms with E-state index >= 15 is 0 Å². The molecule has 2 nitrogen and oxygen atoms in total. The van der Waals surface area contributed by atoms with Gasteiger partial charge in [-0.15, -0.1) is 0 Å². The maximum atomic E-state index is 11.2. The van der Waals surface area contributed by atoms with Crippen molar-refractivity contribution < 1.29 is 9.53 Å². The highest BCUT2D eigenvalue weighted by Gasteiger charge is 2.00. The standard InChI is InChI=1S/C21H41IO2/c1-2-3-4-5-6-7-8-9-10-11-12-13-14-15-16-17-18-19-21(23)24-20-22/h2-20H2,1H3. The van der Waals surface area contributed by atoms with Crippen molar-refractivity contribution in [2.24, 2.45) is 0 Å². The van der Waals surface area contributed by atoms with Gasteiger partial charge >= 0.3 is 5.97 Å². The van der Waals surface area contributed by atoms with Crippen LogP contribution in [0.3, 0.4) is 0 Å². The number of halogens is 1. The van der Waals surface area contributed by atoms with E-state index in [1.165, 1.54) is 103 Å². The second kappa shape index (κ2) is 21.2. The van der Waals surface area contributed by atoms with Gasteiger partial charge in [-0.3, -0.25) is 4.79 Å². The van der Waals surface area contributed by atoms with E-state index in [2.05, 4.69) is 29.5 Å². The molecule has 0 heterocycles. The number of carbonyl (C=O) groups excluding carboxylic acids is 1. The SMILES string of the molecule is CCCCCCCCCCCCCCCCCCCC(=O)OCI. The van der Waals surface area contributed by atoms with Gasteiger partial charge in [-0.25, -0.2) is 0 Å². The van der Waals surface area contributed by atoms with Crippen molar-refractivity contribution in [3.8, 4) is 0 Å². The van der Waals surface area contributed by atoms with Gasteiger partial charge in [0.15, 0.2) is 0 Å². The summed E-state index contributed by atoms with van der Waals surface area (Å²) in [5.74, 6) is -0.0367. The predicted octanol–water partition coefficient (Wildman–Crippen LogP) is 7.96. The molecule has 3 heteroatoms. The molecule has 0 N–H and O–H groups in total. The average molecular weight is 452 g/mol. The molecule has 0 rings (SSSR count). The summed E-state index contributed by atoms with van der Waals surface area (Å²) in [6, 6.07) is 0. The molecular formula is C21H41IO2. The fourth-order valence-electron chi connectivity index (χ4n) is 3.13. The summed E-state index contributed by atoms with van der Waals surface area (Å²) in [6.45, 7) is 2.28. The fourth-order valence-corrected chi connectivity index (χ4v) is 3.47. The van der Waals surface area contributed by atoms with Crippen LogP contribution in [0.2, 0.25) is 0 Å². The number of carbonyl (C=O) groups is 1. The van der Waals surface area contributed by atoms with Gasteiger partial charge in [0.1, 0.15) is 4.61 Å². The third-order valence-corrected chi connectivity index (χ3v) is 5.01. The number of hydrogen-bond acceptors (Lipinski definition) is 2. The van der Waals surface area contributed by atoms with E-state index in [4.69, 9.17) is 4.74 Å². The van der Waals surface area contributed by atoms with Crippen molar-refractivity contribution >= 4 is 28.6 Å². The van der Waals surface area contributed by atoms with E-state index in [-0.39, 0.29) is 5.97 Å². The van der Waals surface area contributed by atoms with E-state index in [0.29, 0.717) is 11.0 Å². The van der Waals surface area contributed by atoms with Crippen molar-refractivity contribution in [3.63, 3.8) is 0 Å². The first-order chi connectivity index (χ1) is 11.8. The Morgan fingerprint density at radius 3 is 1.29 bits per heavy atom. The minimum atomic E-state index is -0.0367. The molecule has 0 saturated heterocycles. The smallest absolute Gasteiger partial charge is 0.306 e. The topological polar surface area (TPSA) is 26.3 Å². The van der Waals surface area contributed by atoms with Gasteiger partial charge < -0.3 is 4.74 Å². The largest absolute Gasteiger partial charge is 0.455 e. The number of unbranched alkanes of at least 4 members (excludes halogenated alkanes) is 16. The summed E-state index contributed by atoms with van der Waals surface area (Å²) in [4.78, 5) is 11.2. The Kier molecular flexibility index (Phi) is 21.4. The summed E-state index contributed by atoms with van der Waals surface area (Å²) in [6.07, 6.45) is 23.9. The van der Waals surface area contributed by atoms with Gasteiger partial charge in [0.25, 0.3) is 0 Å². The monoisotopic (exact) mass is 452 g/mol. The molecule has 0 aliphatic carbocycles. The summed E-state index contributed by atoms with van der Waals surface area (Å²) in [7, 11) is 0. The van der Waals surface area contributed by atoms with Gasteiger partial charge in [0.05, 0.1) is 0 Å². The number of ether oxygens (including phenoxy) is 1. The van der Waals surface area contributed by atoms with Crippen molar-refractivity contribution in [3.05, 3.63) is 0 Å². The zero-order valence-corrected chi connectivity index (χ0v) is 18.3. The minimum Gasteiger partial charge on any atom is -0.455 e. The van der Waals surface area contributed by atoms with Crippen LogP contribution >= 0.6 is 22.6 Å². The van der Waals surface area contributed by atoms with Crippen molar-refractivity contribution in [2.75, 3.05) is 4.61 Å². The third kappa shape index (κ3) is 20.2. The highest BCUT2D eigenvalue weighted by Crippen LogP contribution is 2.14. The fraction of sp³-hybridized carbons (Fsp3) is 0.952. The molecule has 0 spiro atoms. The molecule has 0 aromatic carbocycles. The van der Waals surface area contributed by atoms with Crippen LogP contribution in [0.4, 0.5) is 0 Å². The maximum Gasteiger partial charge on any atom is 0.306 e. The average Bonchev–Trinajstić information content (AvgIpc) is 2.58. The normalized spacial score (nSPS) is 10.9. The first kappa shape index (κ1) is 24.2. The minimum absolute atomic E-state index is 0.0367. The maximum absolute atomic E-state index is 11.2. The van der Waals surface area contributed by atoms with Crippen molar-refractivity contribution in [1.29, 1.82) is 0 Å². The molecule has 24 heavy (non-hydrogen) atoms. The van der Waals surface area contributed by atoms with Crippen LogP contribution in [0.5, 0.6) is 0 Å². The van der Waals surface area contributed by atoms with E-state index < -0.39 is 0 Å². The summed E-state index contributed by atoms with van der Waals surface area (Å²) >= 11 is 2.06. The van der Waals surface area contributed by atoms with Gasteiger partial charge in [-0.2, -0.15) is 0 Å². The van der Waals surface area contributed by atoms with Crippen LogP contribution < -0.4 is 0 Å². The second-order valence-electron chi connectivity index (χ2n) is 7.03. The Labute approximate surface area is 165 Å². The number of rotatable bonds is 19. The van der Waals surface area contributed by atoms with Gasteiger partial charge in [-0.05, 0) is 29.0 Å². The van der Waals surface area contributed by atoms with Crippen LogP contribution in [-0.4, -0.2) is 10.6 Å². The van der Waals surface area contributed by atoms with E-state index in [1.807, 2.05) is 0 Å². The Morgan fingerprint density at radius 2 is 0.958 bits per heavy atom. The molecular weight excluding hydrogens is 411 g/mol. The first-order valence-electron chi connectivity index (χ1n) is 10.5. The quantitative estimate of drug-likeness (QED) is 0.0860. The number of hydrogen-bond donors (Lipinski definition) is 0. The lowest BCUT2D eigenvalue weighted by Gasteiger charge is -2.04. The van der Waals surface area contributed by atoms with Gasteiger partial charge in [-0.1, -0.05) is 110 Å². The van der Waals surface area contributed by atoms with Crippen LogP contribution in [0.1, 0.15) is 122 Å². The Morgan fingerprint density at radius 1 is 0.625 bits per heavy atom. The van der Waals surface area contributed by atoms with Crippen molar-refractivity contribution in [1.82, 2.24) is 0 Å². The lowest BCUT2D eigenvalue weighted by Crippen LogP contribution is -2.01. The Balaban J connectivity index is 3.01. The summed E-state index contributed by atoms with van der Waals surface area (Å²) in [5.41, 5.74) is 0. The molecule has 0 radical (unpaired) electrons. The molecule has 0 atom stereocenters. The van der Waals surface area contributed by atoms with E-state index in [0.717, 1.165) is 6.42 Å². The van der Waals surface area contributed by atoms with Gasteiger partial charge in [0, 0.05) is 6.42 Å². The van der Waals surface area contributed by atoms with Crippen LogP contribution in [0.25, 0.3) is 0 Å². The zero-order chi connectivity index (χ0) is 17.7. The number of esters is 1. The van der Waals surface area contributed by atoms with E-state index in [1.54, 1.807) is 0 Å². The van der Waals surface area contributed by atoms with Crippen LogP contribution in [0, 0.1) is 0 Å². The van der Waals surface area contributed by atoms with Crippen LogP contribution in [0.15, 0.2) is 0 Å². The molecule has 0 amide bonds. The Hall–Kier alpha value is 0.200. The lowest BCUT2D eigenvalue weighted by atomic mass is 10.0. The highest BCUT2D eigenvalue weighted by atomic mass is 127. The molecule has 0 aromatic rings. The second-order valence-corrected chi connectivity index (χ2v) is 7.66. The molecule has 0 fully saturated rings. The number of alkyl halides is 1. The first-order valence-corrected chi connectivity index (χ1v) is 12.1. The molecule has 144 valence electrons. The third-order valence-electron chi connectivity index (χ3n) is 4.70. The summed E-state index contributed by atoms with van der Waals surface area (Å²) < 4.78 is 5.40. The van der Waals surface area contributed by atoms with Crippen molar-refractivity contribution in [2.45, 2.75) is 122 Å². The predicted molar refractivity (Wildman–Crippen MR) is 114 cm³/mol. The molecule has 0 saturated carbocycles. The molecule has 0 bridgehead atoms. The van der Waals surface area contributed by atoms with E-state index in [9.17, 15) is 4.79 Å². The Bertz CT molecular complexity index is 256. The molecule has 0 unspecified atom stereocenters.